The van der Waals surface area contributed by atoms with E-state index >= 15 is 0 Å². The Balaban J connectivity index is 1.60. The first-order valence-corrected chi connectivity index (χ1v) is 11.2. The standard InChI is InChI=1S/C25H32N2O3/c1-25(2,3)16-12-13-21-19(14-16)23(18-10-6-7-11-20(18)27-21)24(29)30-15-22(28)26-17-8-4-5-9-17/h6-7,10-11,16-17H,4-5,8-9,12-15H2,1-3H3,(H,26,28)/t16-/m0/s1. The molecule has 4 rings (SSSR count). The number of amides is 1. The number of aryl methyl sites for hydroxylation is 1. The molecule has 160 valence electrons. The second-order valence-corrected chi connectivity index (χ2v) is 9.86. The molecule has 0 radical (unpaired) electrons. The van der Waals surface area contributed by atoms with E-state index in [1.807, 2.05) is 24.3 Å². The van der Waals surface area contributed by atoms with E-state index in [9.17, 15) is 9.59 Å². The average Bonchev–Trinajstić information content (AvgIpc) is 3.22. The van der Waals surface area contributed by atoms with Crippen LogP contribution in [0, 0.1) is 11.3 Å². The predicted molar refractivity (Wildman–Crippen MR) is 117 cm³/mol. The minimum Gasteiger partial charge on any atom is -0.452 e. The van der Waals surface area contributed by atoms with Gasteiger partial charge in [0.15, 0.2) is 6.61 Å². The normalized spacial score (nSPS) is 19.5. The van der Waals surface area contributed by atoms with Crippen LogP contribution in [0.1, 0.15) is 74.5 Å². The van der Waals surface area contributed by atoms with Crippen LogP contribution in [-0.2, 0) is 22.4 Å². The van der Waals surface area contributed by atoms with Crippen LogP contribution < -0.4 is 5.32 Å². The molecule has 5 nitrogen and oxygen atoms in total. The van der Waals surface area contributed by atoms with E-state index in [0.29, 0.717) is 11.5 Å². The van der Waals surface area contributed by atoms with Gasteiger partial charge in [0.25, 0.3) is 5.91 Å². The van der Waals surface area contributed by atoms with Crippen LogP contribution in [0.2, 0.25) is 0 Å². The zero-order valence-corrected chi connectivity index (χ0v) is 18.3. The van der Waals surface area contributed by atoms with E-state index in [2.05, 4.69) is 26.1 Å². The Bertz CT molecular complexity index is 955. The summed E-state index contributed by atoms with van der Waals surface area (Å²) < 4.78 is 5.52. The number of carbonyl (C=O) groups is 2. The van der Waals surface area contributed by atoms with Crippen LogP contribution in [0.5, 0.6) is 0 Å². The molecule has 1 aromatic heterocycles. The lowest BCUT2D eigenvalue weighted by molar-refractivity contribution is -0.124. The summed E-state index contributed by atoms with van der Waals surface area (Å²) in [4.78, 5) is 30.3. The second-order valence-electron chi connectivity index (χ2n) is 9.86. The van der Waals surface area contributed by atoms with E-state index in [4.69, 9.17) is 9.72 Å². The predicted octanol–water partition coefficient (Wildman–Crippen LogP) is 4.60. The molecule has 0 saturated heterocycles. The number of fused-ring (bicyclic) bond motifs is 2. The van der Waals surface area contributed by atoms with E-state index in [1.165, 1.54) is 0 Å². The third-order valence-corrected chi connectivity index (χ3v) is 6.74. The molecule has 1 saturated carbocycles. The Kier molecular flexibility index (Phi) is 5.81. The third kappa shape index (κ3) is 4.35. The summed E-state index contributed by atoms with van der Waals surface area (Å²) in [6, 6.07) is 7.95. The van der Waals surface area contributed by atoms with Crippen molar-refractivity contribution in [1.82, 2.24) is 10.3 Å². The molecule has 5 heteroatoms. The van der Waals surface area contributed by atoms with Crippen molar-refractivity contribution in [2.24, 2.45) is 11.3 Å². The van der Waals surface area contributed by atoms with Crippen molar-refractivity contribution < 1.29 is 14.3 Å². The summed E-state index contributed by atoms with van der Waals surface area (Å²) in [6.07, 6.45) is 7.07. The van der Waals surface area contributed by atoms with Gasteiger partial charge in [0.2, 0.25) is 0 Å². The summed E-state index contributed by atoms with van der Waals surface area (Å²) >= 11 is 0. The number of nitrogens with one attached hydrogen (secondary N) is 1. The Morgan fingerprint density at radius 1 is 1.13 bits per heavy atom. The van der Waals surface area contributed by atoms with Crippen molar-refractivity contribution in [1.29, 1.82) is 0 Å². The first-order valence-electron chi connectivity index (χ1n) is 11.2. The zero-order valence-electron chi connectivity index (χ0n) is 18.3. The monoisotopic (exact) mass is 408 g/mol. The van der Waals surface area contributed by atoms with Crippen LogP contribution in [0.3, 0.4) is 0 Å². The van der Waals surface area contributed by atoms with Gasteiger partial charge in [0, 0.05) is 17.1 Å². The maximum atomic E-state index is 13.2. The van der Waals surface area contributed by atoms with Gasteiger partial charge in [-0.2, -0.15) is 0 Å². The van der Waals surface area contributed by atoms with E-state index in [1.54, 1.807) is 0 Å². The number of ether oxygens (including phenoxy) is 1. The van der Waals surface area contributed by atoms with Gasteiger partial charge in [0.1, 0.15) is 0 Å². The number of para-hydroxylation sites is 1. The number of carbonyl (C=O) groups excluding carboxylic acids is 2. The van der Waals surface area contributed by atoms with Crippen molar-refractivity contribution in [3.63, 3.8) is 0 Å². The summed E-state index contributed by atoms with van der Waals surface area (Å²) in [5.41, 5.74) is 3.56. The quantitative estimate of drug-likeness (QED) is 0.751. The molecule has 1 aromatic carbocycles. The molecule has 1 atom stereocenters. The lowest BCUT2D eigenvalue weighted by atomic mass is 9.70. The van der Waals surface area contributed by atoms with Crippen LogP contribution >= 0.6 is 0 Å². The first kappa shape index (κ1) is 20.8. The molecule has 0 bridgehead atoms. The molecular weight excluding hydrogens is 376 g/mol. The SMILES string of the molecule is CC(C)(C)[C@H]1CCc2nc3ccccc3c(C(=O)OCC(=O)NC3CCCC3)c2C1. The van der Waals surface area contributed by atoms with Crippen LogP contribution in [0.4, 0.5) is 0 Å². The molecule has 30 heavy (non-hydrogen) atoms. The highest BCUT2D eigenvalue weighted by Crippen LogP contribution is 2.39. The fourth-order valence-electron chi connectivity index (χ4n) is 4.90. The average molecular weight is 409 g/mol. The lowest BCUT2D eigenvalue weighted by Crippen LogP contribution is -2.36. The molecule has 2 aliphatic carbocycles. The van der Waals surface area contributed by atoms with Gasteiger partial charge in [0.05, 0.1) is 11.1 Å². The fourth-order valence-corrected chi connectivity index (χ4v) is 4.90. The molecule has 2 aliphatic rings. The molecule has 1 fully saturated rings. The number of rotatable bonds is 4. The molecule has 0 aliphatic heterocycles. The first-order chi connectivity index (χ1) is 14.3. The van der Waals surface area contributed by atoms with Gasteiger partial charge >= 0.3 is 5.97 Å². The Morgan fingerprint density at radius 2 is 1.87 bits per heavy atom. The molecule has 2 aromatic rings. The number of hydrogen-bond acceptors (Lipinski definition) is 4. The number of aromatic nitrogens is 1. The van der Waals surface area contributed by atoms with Crippen molar-refractivity contribution in [2.75, 3.05) is 6.61 Å². The topological polar surface area (TPSA) is 68.3 Å². The number of esters is 1. The van der Waals surface area contributed by atoms with Gasteiger partial charge in [-0.1, -0.05) is 51.8 Å². The number of benzene rings is 1. The van der Waals surface area contributed by atoms with Gasteiger partial charge < -0.3 is 10.1 Å². The second kappa shape index (κ2) is 8.37. The van der Waals surface area contributed by atoms with Gasteiger partial charge in [-0.3, -0.25) is 9.78 Å². The van der Waals surface area contributed by atoms with Crippen LogP contribution in [0.25, 0.3) is 10.9 Å². The van der Waals surface area contributed by atoms with Crippen molar-refractivity contribution in [2.45, 2.75) is 71.8 Å². The molecule has 0 spiro atoms. The minimum atomic E-state index is -0.416. The summed E-state index contributed by atoms with van der Waals surface area (Å²) in [5.74, 6) is -0.152. The highest BCUT2D eigenvalue weighted by atomic mass is 16.5. The largest absolute Gasteiger partial charge is 0.452 e. The van der Waals surface area contributed by atoms with E-state index < -0.39 is 5.97 Å². The Hall–Kier alpha value is -2.43. The van der Waals surface area contributed by atoms with Crippen LogP contribution in [0.15, 0.2) is 24.3 Å². The van der Waals surface area contributed by atoms with E-state index in [0.717, 1.165) is 67.1 Å². The van der Waals surface area contributed by atoms with Crippen LogP contribution in [-0.4, -0.2) is 29.5 Å². The summed E-state index contributed by atoms with van der Waals surface area (Å²) in [7, 11) is 0. The van der Waals surface area contributed by atoms with E-state index in [-0.39, 0.29) is 24.0 Å². The van der Waals surface area contributed by atoms with Gasteiger partial charge in [-0.05, 0) is 55.1 Å². The maximum absolute atomic E-state index is 13.2. The molecular formula is C25H32N2O3. The molecule has 1 N–H and O–H groups in total. The minimum absolute atomic E-state index is 0.158. The van der Waals surface area contributed by atoms with Gasteiger partial charge in [-0.25, -0.2) is 4.79 Å². The highest BCUT2D eigenvalue weighted by molar-refractivity contribution is 6.05. The maximum Gasteiger partial charge on any atom is 0.339 e. The zero-order chi connectivity index (χ0) is 21.3. The van der Waals surface area contributed by atoms with Crippen molar-refractivity contribution in [3.8, 4) is 0 Å². The molecule has 1 heterocycles. The Labute approximate surface area is 178 Å². The highest BCUT2D eigenvalue weighted by Gasteiger charge is 2.33. The van der Waals surface area contributed by atoms with Crippen molar-refractivity contribution in [3.05, 3.63) is 41.1 Å². The summed E-state index contributed by atoms with van der Waals surface area (Å²) in [6.45, 7) is 6.52. The Morgan fingerprint density at radius 3 is 2.60 bits per heavy atom. The number of pyridine rings is 1. The third-order valence-electron chi connectivity index (χ3n) is 6.74. The molecule has 0 unspecified atom stereocenters. The smallest absolute Gasteiger partial charge is 0.339 e. The number of nitrogens with zero attached hydrogens (tertiary/aromatic N) is 1. The van der Waals surface area contributed by atoms with Crippen molar-refractivity contribution >= 4 is 22.8 Å². The molecule has 1 amide bonds. The van der Waals surface area contributed by atoms with Gasteiger partial charge in [-0.15, -0.1) is 0 Å². The fraction of sp³-hybridized carbons (Fsp3) is 0.560. The lowest BCUT2D eigenvalue weighted by Gasteiger charge is -2.35. The summed E-state index contributed by atoms with van der Waals surface area (Å²) in [5, 5.41) is 3.80. The number of hydrogen-bond donors (Lipinski definition) is 1.